The quantitative estimate of drug-likeness (QED) is 0.101. The smallest absolute Gasteiger partial charge is 0.338 e. The predicted molar refractivity (Wildman–Crippen MR) is 159 cm³/mol. The number of rotatable bonds is 8. The van der Waals surface area contributed by atoms with Crippen LogP contribution in [0.1, 0.15) is 27.6 Å². The number of carboxylic acids is 1. The van der Waals surface area contributed by atoms with Gasteiger partial charge in [0.15, 0.2) is 5.13 Å². The molecule has 1 heterocycles. The summed E-state index contributed by atoms with van der Waals surface area (Å²) < 4.78 is 0. The molecule has 1 unspecified atom stereocenters. The molecular weight excluding hydrogens is 624 g/mol. The maximum absolute atomic E-state index is 12.9. The van der Waals surface area contributed by atoms with E-state index in [1.165, 1.54) is 23.1 Å². The number of halogens is 4. The number of carboxylic acid groups (broad SMARTS) is 1. The fourth-order valence-electron chi connectivity index (χ4n) is 3.39. The lowest BCUT2D eigenvalue weighted by Crippen LogP contribution is -2.22. The van der Waals surface area contributed by atoms with E-state index < -0.39 is 33.3 Å². The predicted octanol–water partition coefficient (Wildman–Crippen LogP) is 8.49. The fourth-order valence-corrected chi connectivity index (χ4v) is 6.00. The van der Waals surface area contributed by atoms with E-state index in [9.17, 15) is 19.5 Å². The summed E-state index contributed by atoms with van der Waals surface area (Å²) in [6, 6.07) is 16.3. The fraction of sp³-hybridized carbons (Fsp3) is 0.0769. The number of aromatic carboxylic acids is 1. The highest BCUT2D eigenvalue weighted by Crippen LogP contribution is 2.42. The van der Waals surface area contributed by atoms with Gasteiger partial charge in [-0.15, -0.1) is 23.1 Å². The number of nitrogens with zero attached hydrogens (tertiary/aromatic N) is 1. The Balaban J connectivity index is 1.40. The second-order valence-corrected chi connectivity index (χ2v) is 11.7. The van der Waals surface area contributed by atoms with Crippen LogP contribution >= 0.6 is 69.5 Å². The highest BCUT2D eigenvalue weighted by molar-refractivity contribution is 8.00. The molecule has 0 radical (unpaired) electrons. The largest absolute Gasteiger partial charge is 0.478 e. The number of carbonyl (C=O) groups excluding carboxylic acids is 2. The van der Waals surface area contributed by atoms with Crippen LogP contribution in [0, 0.1) is 0 Å². The maximum Gasteiger partial charge on any atom is 0.338 e. The Hall–Kier alpha value is -2.79. The van der Waals surface area contributed by atoms with Gasteiger partial charge in [0.05, 0.1) is 42.2 Å². The summed E-state index contributed by atoms with van der Waals surface area (Å²) in [5.74, 6) is -2.53. The number of hydrogen-bond acceptors (Lipinski definition) is 6. The van der Waals surface area contributed by atoms with Gasteiger partial charge < -0.3 is 15.7 Å². The highest BCUT2D eigenvalue weighted by Gasteiger charge is 2.29. The van der Waals surface area contributed by atoms with Crippen LogP contribution in [0.3, 0.4) is 0 Å². The Morgan fingerprint density at radius 2 is 1.49 bits per heavy atom. The SMILES string of the molecule is CC(Sc1ccc(NC(=O)c2c(Cl)c(Cl)c(Cl)c(Cl)c2C(=O)O)cc1)C(=O)Nc1nc(-c2ccccc2)cs1. The zero-order valence-electron chi connectivity index (χ0n) is 19.8. The zero-order valence-corrected chi connectivity index (χ0v) is 24.5. The van der Waals surface area contributed by atoms with E-state index in [-0.39, 0.29) is 21.0 Å². The first-order valence-electron chi connectivity index (χ1n) is 11.1. The summed E-state index contributed by atoms with van der Waals surface area (Å²) in [6.07, 6.45) is 0. The lowest BCUT2D eigenvalue weighted by molar-refractivity contribution is -0.115. The van der Waals surface area contributed by atoms with Crippen LogP contribution in [0.2, 0.25) is 20.1 Å². The Morgan fingerprint density at radius 3 is 2.10 bits per heavy atom. The summed E-state index contributed by atoms with van der Waals surface area (Å²) in [7, 11) is 0. The summed E-state index contributed by atoms with van der Waals surface area (Å²) in [4.78, 5) is 42.6. The van der Waals surface area contributed by atoms with Crippen molar-refractivity contribution in [2.75, 3.05) is 10.6 Å². The Bertz CT molecular complexity index is 1560. The van der Waals surface area contributed by atoms with Crippen LogP contribution in [-0.4, -0.2) is 33.1 Å². The molecule has 200 valence electrons. The molecule has 4 aromatic rings. The molecule has 0 spiro atoms. The van der Waals surface area contributed by atoms with Gasteiger partial charge in [0.1, 0.15) is 0 Å². The number of nitrogens with one attached hydrogen (secondary N) is 2. The van der Waals surface area contributed by atoms with Crippen LogP contribution in [0.15, 0.2) is 64.9 Å². The first-order valence-corrected chi connectivity index (χ1v) is 14.3. The summed E-state index contributed by atoms with van der Waals surface area (Å²) in [6.45, 7) is 1.77. The molecule has 7 nitrogen and oxygen atoms in total. The summed E-state index contributed by atoms with van der Waals surface area (Å²) in [5.41, 5.74) is 1.13. The minimum absolute atomic E-state index is 0.210. The average molecular weight is 641 g/mol. The van der Waals surface area contributed by atoms with E-state index in [1.807, 2.05) is 35.7 Å². The molecule has 1 aromatic heterocycles. The molecule has 2 amide bonds. The number of carbonyl (C=O) groups is 3. The van der Waals surface area contributed by atoms with Gasteiger partial charge in [0.25, 0.3) is 5.91 Å². The van der Waals surface area contributed by atoms with E-state index >= 15 is 0 Å². The molecule has 1 atom stereocenters. The normalized spacial score (nSPS) is 11.6. The molecule has 0 aliphatic rings. The molecule has 4 rings (SSSR count). The number of thiazole rings is 1. The number of amides is 2. The van der Waals surface area contributed by atoms with Crippen molar-refractivity contribution in [3.63, 3.8) is 0 Å². The van der Waals surface area contributed by atoms with Crippen LogP contribution < -0.4 is 10.6 Å². The number of benzene rings is 3. The topological polar surface area (TPSA) is 108 Å². The average Bonchev–Trinajstić information content (AvgIpc) is 3.39. The van der Waals surface area contributed by atoms with Crippen LogP contribution in [0.25, 0.3) is 11.3 Å². The highest BCUT2D eigenvalue weighted by atomic mass is 35.5. The molecule has 3 N–H and O–H groups in total. The van der Waals surface area contributed by atoms with Crippen molar-refractivity contribution < 1.29 is 19.5 Å². The second kappa shape index (κ2) is 12.6. The van der Waals surface area contributed by atoms with Crippen molar-refractivity contribution in [2.45, 2.75) is 17.1 Å². The van der Waals surface area contributed by atoms with E-state index in [1.54, 1.807) is 31.2 Å². The molecular formula is C26H17Cl4N3O4S2. The van der Waals surface area contributed by atoms with Crippen molar-refractivity contribution in [2.24, 2.45) is 0 Å². The molecule has 39 heavy (non-hydrogen) atoms. The van der Waals surface area contributed by atoms with E-state index in [0.29, 0.717) is 10.8 Å². The maximum atomic E-state index is 12.9. The second-order valence-electron chi connectivity index (χ2n) is 7.94. The van der Waals surface area contributed by atoms with Crippen molar-refractivity contribution in [1.29, 1.82) is 0 Å². The van der Waals surface area contributed by atoms with Gasteiger partial charge >= 0.3 is 5.97 Å². The van der Waals surface area contributed by atoms with Gasteiger partial charge in [-0.25, -0.2) is 9.78 Å². The standard InChI is InChI=1S/C26H17Cl4N3O4S2/c1-12(23(34)33-26-32-16(11-38-26)13-5-3-2-4-6-13)39-15-9-7-14(8-10-15)31-24(35)17-18(25(36)37)20(28)22(30)21(29)19(17)27/h2-12H,1H3,(H,31,35)(H,36,37)(H,32,33,34). The van der Waals surface area contributed by atoms with Gasteiger partial charge in [-0.3, -0.25) is 9.59 Å². The lowest BCUT2D eigenvalue weighted by Gasteiger charge is -2.14. The van der Waals surface area contributed by atoms with Crippen molar-refractivity contribution in [3.05, 3.63) is 91.2 Å². The molecule has 3 aromatic carbocycles. The van der Waals surface area contributed by atoms with Crippen LogP contribution in [-0.2, 0) is 4.79 Å². The molecule has 0 aliphatic carbocycles. The van der Waals surface area contributed by atoms with Gasteiger partial charge in [-0.05, 0) is 31.2 Å². The summed E-state index contributed by atoms with van der Waals surface area (Å²) in [5, 5.41) is 15.7. The van der Waals surface area contributed by atoms with Crippen molar-refractivity contribution in [1.82, 2.24) is 4.98 Å². The zero-order chi connectivity index (χ0) is 28.3. The third kappa shape index (κ3) is 6.69. The first-order chi connectivity index (χ1) is 18.6. The Morgan fingerprint density at radius 1 is 0.872 bits per heavy atom. The van der Waals surface area contributed by atoms with E-state index in [2.05, 4.69) is 15.6 Å². The van der Waals surface area contributed by atoms with Crippen LogP contribution in [0.5, 0.6) is 0 Å². The minimum Gasteiger partial charge on any atom is -0.478 e. The Labute approximate surface area is 251 Å². The van der Waals surface area contributed by atoms with Crippen LogP contribution in [0.4, 0.5) is 10.8 Å². The van der Waals surface area contributed by atoms with Crippen molar-refractivity contribution in [3.8, 4) is 11.3 Å². The van der Waals surface area contributed by atoms with Gasteiger partial charge in [0.2, 0.25) is 5.91 Å². The molecule has 0 fully saturated rings. The van der Waals surface area contributed by atoms with Crippen molar-refractivity contribution >= 4 is 98.1 Å². The third-order valence-electron chi connectivity index (χ3n) is 5.31. The molecule has 0 bridgehead atoms. The third-order valence-corrected chi connectivity index (χ3v) is 8.98. The van der Waals surface area contributed by atoms with E-state index in [4.69, 9.17) is 46.4 Å². The minimum atomic E-state index is -1.49. The number of hydrogen-bond donors (Lipinski definition) is 3. The lowest BCUT2D eigenvalue weighted by atomic mass is 10.1. The molecule has 0 saturated heterocycles. The van der Waals surface area contributed by atoms with Gasteiger partial charge in [-0.1, -0.05) is 76.7 Å². The molecule has 13 heteroatoms. The number of aromatic nitrogens is 1. The Kier molecular flexibility index (Phi) is 9.43. The van der Waals surface area contributed by atoms with Gasteiger partial charge in [0, 0.05) is 21.5 Å². The first kappa shape index (κ1) is 29.2. The number of thioether (sulfide) groups is 1. The van der Waals surface area contributed by atoms with E-state index in [0.717, 1.165) is 16.2 Å². The monoisotopic (exact) mass is 639 g/mol. The summed E-state index contributed by atoms with van der Waals surface area (Å²) >= 11 is 26.8. The molecule has 0 aliphatic heterocycles. The van der Waals surface area contributed by atoms with Gasteiger partial charge in [-0.2, -0.15) is 0 Å². The molecule has 0 saturated carbocycles. The number of anilines is 2.